The average Bonchev–Trinajstić information content (AvgIpc) is 2.84. The summed E-state index contributed by atoms with van der Waals surface area (Å²) in [6.07, 6.45) is 0. The molecule has 0 saturated heterocycles. The summed E-state index contributed by atoms with van der Waals surface area (Å²) >= 11 is 5.90. The average molecular weight is 316 g/mol. The molecule has 2 N–H and O–H groups in total. The number of carboxylic acids is 1. The number of hydrogen-bond donors (Lipinski definition) is 2. The van der Waals surface area contributed by atoms with Gasteiger partial charge in [-0.25, -0.2) is 4.79 Å². The maximum atomic E-state index is 12.0. The molecule has 0 aliphatic rings. The van der Waals surface area contributed by atoms with Gasteiger partial charge in [-0.1, -0.05) is 17.7 Å². The number of sulfonamides is 1. The van der Waals surface area contributed by atoms with Gasteiger partial charge >= 0.3 is 5.97 Å². The maximum absolute atomic E-state index is 12.0. The summed E-state index contributed by atoms with van der Waals surface area (Å²) in [4.78, 5) is 10.7. The van der Waals surface area contributed by atoms with Crippen LogP contribution in [0.5, 0.6) is 0 Å². The molecule has 0 amide bonds. The molecule has 20 heavy (non-hydrogen) atoms. The molecule has 0 aliphatic carbocycles. The number of hydrogen-bond acceptors (Lipinski definition) is 4. The molecule has 0 fully saturated rings. The van der Waals surface area contributed by atoms with E-state index in [0.717, 1.165) is 17.7 Å². The monoisotopic (exact) mass is 315 g/mol. The van der Waals surface area contributed by atoms with Crippen LogP contribution in [0.2, 0.25) is 5.02 Å². The van der Waals surface area contributed by atoms with Gasteiger partial charge in [0.05, 0.1) is 5.69 Å². The minimum absolute atomic E-state index is 0.258. The van der Waals surface area contributed by atoms with Crippen LogP contribution in [-0.4, -0.2) is 19.5 Å². The van der Waals surface area contributed by atoms with Gasteiger partial charge in [-0.05, 0) is 36.8 Å². The summed E-state index contributed by atoms with van der Waals surface area (Å²) in [6.45, 7) is 1.78. The number of aryl methyl sites for hydroxylation is 1. The van der Waals surface area contributed by atoms with Crippen LogP contribution in [0, 0.1) is 6.92 Å². The number of carboxylic acid groups (broad SMARTS) is 1. The summed E-state index contributed by atoms with van der Waals surface area (Å²) in [5.41, 5.74) is 1.06. The molecule has 0 unspecified atom stereocenters. The van der Waals surface area contributed by atoms with Gasteiger partial charge in [-0.2, -0.15) is 8.42 Å². The molecular weight excluding hydrogens is 306 g/mol. The van der Waals surface area contributed by atoms with Crippen molar-refractivity contribution in [3.05, 3.63) is 46.7 Å². The Bertz CT molecular complexity index is 766. The Hall–Kier alpha value is -1.99. The first-order chi connectivity index (χ1) is 9.29. The van der Waals surface area contributed by atoms with Gasteiger partial charge in [0.25, 0.3) is 10.0 Å². The van der Waals surface area contributed by atoms with Crippen molar-refractivity contribution in [2.75, 3.05) is 4.72 Å². The molecule has 0 spiro atoms. The minimum Gasteiger partial charge on any atom is -0.475 e. The van der Waals surface area contributed by atoms with E-state index in [1.54, 1.807) is 19.1 Å². The second kappa shape index (κ2) is 5.18. The van der Waals surface area contributed by atoms with E-state index in [2.05, 4.69) is 4.72 Å². The van der Waals surface area contributed by atoms with E-state index >= 15 is 0 Å². The van der Waals surface area contributed by atoms with Crippen molar-refractivity contribution < 1.29 is 22.7 Å². The lowest BCUT2D eigenvalue weighted by atomic mass is 10.2. The zero-order chi connectivity index (χ0) is 14.9. The summed E-state index contributed by atoms with van der Waals surface area (Å²) in [5, 5.41) is 8.63. The van der Waals surface area contributed by atoms with Crippen LogP contribution in [0.1, 0.15) is 16.1 Å². The molecule has 0 bridgehead atoms. The number of benzene rings is 1. The van der Waals surface area contributed by atoms with E-state index in [4.69, 9.17) is 21.1 Å². The molecule has 8 heteroatoms. The molecule has 2 aromatic rings. The third kappa shape index (κ3) is 2.94. The lowest BCUT2D eigenvalue weighted by Gasteiger charge is -2.07. The zero-order valence-electron chi connectivity index (χ0n) is 10.3. The first-order valence-electron chi connectivity index (χ1n) is 5.42. The number of rotatable bonds is 4. The van der Waals surface area contributed by atoms with Crippen LogP contribution in [0.3, 0.4) is 0 Å². The molecule has 0 atom stereocenters. The van der Waals surface area contributed by atoms with Crippen molar-refractivity contribution in [3.63, 3.8) is 0 Å². The van der Waals surface area contributed by atoms with Gasteiger partial charge in [0, 0.05) is 5.02 Å². The third-order valence-electron chi connectivity index (χ3n) is 2.48. The van der Waals surface area contributed by atoms with E-state index in [-0.39, 0.29) is 5.69 Å². The number of anilines is 1. The van der Waals surface area contributed by atoms with E-state index in [1.165, 1.54) is 6.07 Å². The van der Waals surface area contributed by atoms with Gasteiger partial charge < -0.3 is 9.52 Å². The van der Waals surface area contributed by atoms with Crippen LogP contribution >= 0.6 is 11.6 Å². The third-order valence-corrected chi connectivity index (χ3v) is 4.14. The first-order valence-corrected chi connectivity index (χ1v) is 7.28. The number of furan rings is 1. The van der Waals surface area contributed by atoms with Crippen molar-refractivity contribution >= 4 is 33.3 Å². The number of carbonyl (C=O) groups is 1. The predicted octanol–water partition coefficient (Wildman–Crippen LogP) is 2.74. The molecule has 0 aliphatic heterocycles. The highest BCUT2D eigenvalue weighted by molar-refractivity contribution is 7.92. The summed E-state index contributed by atoms with van der Waals surface area (Å²) in [5.74, 6) is -1.79. The Labute approximate surface area is 120 Å². The lowest BCUT2D eigenvalue weighted by molar-refractivity contribution is 0.0656. The van der Waals surface area contributed by atoms with Gasteiger partial charge in [-0.3, -0.25) is 4.72 Å². The molecule has 0 saturated carbocycles. The quantitative estimate of drug-likeness (QED) is 0.904. The summed E-state index contributed by atoms with van der Waals surface area (Å²) < 4.78 is 31.0. The van der Waals surface area contributed by atoms with Gasteiger partial charge in [0.2, 0.25) is 10.9 Å². The fourth-order valence-electron chi connectivity index (χ4n) is 1.44. The van der Waals surface area contributed by atoms with Crippen LogP contribution < -0.4 is 4.72 Å². The van der Waals surface area contributed by atoms with Crippen LogP contribution in [-0.2, 0) is 10.0 Å². The second-order valence-electron chi connectivity index (χ2n) is 3.99. The second-order valence-corrected chi connectivity index (χ2v) is 6.01. The van der Waals surface area contributed by atoms with Crippen molar-refractivity contribution in [1.82, 2.24) is 0 Å². The lowest BCUT2D eigenvalue weighted by Crippen LogP contribution is -2.12. The maximum Gasteiger partial charge on any atom is 0.371 e. The Balaban J connectivity index is 2.30. The Morgan fingerprint density at radius 1 is 1.30 bits per heavy atom. The Kier molecular flexibility index (Phi) is 3.74. The standard InChI is InChI=1S/C12H10ClNO5S/c1-7-2-3-8(6-9(7)13)14-20(17,18)11-5-4-10(19-11)12(15)16/h2-6,14H,1H3,(H,15,16). The highest BCUT2D eigenvalue weighted by atomic mass is 35.5. The van der Waals surface area contributed by atoms with E-state index in [9.17, 15) is 13.2 Å². The predicted molar refractivity (Wildman–Crippen MR) is 72.7 cm³/mol. The number of halogens is 1. The molecule has 1 aromatic carbocycles. The van der Waals surface area contributed by atoms with Gasteiger partial charge in [-0.15, -0.1) is 0 Å². The smallest absolute Gasteiger partial charge is 0.371 e. The molecule has 1 heterocycles. The summed E-state index contributed by atoms with van der Waals surface area (Å²) in [7, 11) is -3.99. The Morgan fingerprint density at radius 2 is 2.00 bits per heavy atom. The largest absolute Gasteiger partial charge is 0.475 e. The van der Waals surface area contributed by atoms with Crippen LogP contribution in [0.15, 0.2) is 39.8 Å². The minimum atomic E-state index is -3.99. The highest BCUT2D eigenvalue weighted by Crippen LogP contribution is 2.23. The molecule has 1 aromatic heterocycles. The van der Waals surface area contributed by atoms with Crippen molar-refractivity contribution in [2.45, 2.75) is 12.0 Å². The number of aromatic carboxylic acids is 1. The van der Waals surface area contributed by atoms with Gasteiger partial charge in [0.15, 0.2) is 0 Å². The van der Waals surface area contributed by atoms with Crippen LogP contribution in [0.25, 0.3) is 0 Å². The SMILES string of the molecule is Cc1ccc(NS(=O)(=O)c2ccc(C(=O)O)o2)cc1Cl. The van der Waals surface area contributed by atoms with Crippen LogP contribution in [0.4, 0.5) is 5.69 Å². The van der Waals surface area contributed by atoms with Crippen molar-refractivity contribution in [2.24, 2.45) is 0 Å². The molecule has 2 rings (SSSR count). The van der Waals surface area contributed by atoms with E-state index in [0.29, 0.717) is 5.02 Å². The fourth-order valence-corrected chi connectivity index (χ4v) is 2.61. The molecule has 106 valence electrons. The molecular formula is C12H10ClNO5S. The summed E-state index contributed by atoms with van der Waals surface area (Å²) in [6, 6.07) is 6.79. The normalized spacial score (nSPS) is 11.3. The molecule has 0 radical (unpaired) electrons. The zero-order valence-corrected chi connectivity index (χ0v) is 11.8. The fraction of sp³-hybridized carbons (Fsp3) is 0.0833. The van der Waals surface area contributed by atoms with Gasteiger partial charge in [0.1, 0.15) is 0 Å². The number of nitrogens with one attached hydrogen (secondary N) is 1. The van der Waals surface area contributed by atoms with E-state index in [1.807, 2.05) is 0 Å². The van der Waals surface area contributed by atoms with Crippen molar-refractivity contribution in [3.8, 4) is 0 Å². The van der Waals surface area contributed by atoms with Crippen molar-refractivity contribution in [1.29, 1.82) is 0 Å². The topological polar surface area (TPSA) is 96.6 Å². The highest BCUT2D eigenvalue weighted by Gasteiger charge is 2.21. The Morgan fingerprint density at radius 3 is 2.55 bits per heavy atom. The molecule has 6 nitrogen and oxygen atoms in total. The first kappa shape index (κ1) is 14.4. The van der Waals surface area contributed by atoms with E-state index < -0.39 is 26.8 Å².